The van der Waals surface area contributed by atoms with Gasteiger partial charge in [-0.2, -0.15) is 0 Å². The van der Waals surface area contributed by atoms with Crippen LogP contribution in [0.2, 0.25) is 0 Å². The first-order valence-corrected chi connectivity index (χ1v) is 4.10. The summed E-state index contributed by atoms with van der Waals surface area (Å²) in [7, 11) is -2.13. The highest BCUT2D eigenvalue weighted by molar-refractivity contribution is 7.99. The van der Waals surface area contributed by atoms with Crippen LogP contribution in [0, 0.1) is 0 Å². The molecule has 0 bridgehead atoms. The molecular formula is C4H9NOS. The first-order chi connectivity index (χ1) is 3.11. The van der Waals surface area contributed by atoms with Gasteiger partial charge in [-0.1, -0.05) is 0 Å². The van der Waals surface area contributed by atoms with Crippen molar-refractivity contribution in [2.24, 2.45) is 5.14 Å². The Hall–Kier alpha value is -0.0200. The average Bonchev–Trinajstić information content (AvgIpc) is 1.99. The van der Waals surface area contributed by atoms with E-state index in [0.717, 1.165) is 12.8 Å². The van der Waals surface area contributed by atoms with E-state index < -0.39 is 9.71 Å². The van der Waals surface area contributed by atoms with Crippen molar-refractivity contribution in [1.29, 1.82) is 0 Å². The van der Waals surface area contributed by atoms with E-state index in [0.29, 0.717) is 0 Å². The van der Waals surface area contributed by atoms with Crippen molar-refractivity contribution in [1.82, 2.24) is 0 Å². The quantitative estimate of drug-likeness (QED) is 0.475. The molecule has 2 nitrogen and oxygen atoms in total. The topological polar surface area (TPSA) is 43.1 Å². The van der Waals surface area contributed by atoms with E-state index in [1.165, 1.54) is 0 Å². The number of nitrogens with two attached hydrogens (primary N) is 1. The van der Waals surface area contributed by atoms with E-state index in [1.54, 1.807) is 0 Å². The van der Waals surface area contributed by atoms with Gasteiger partial charge in [-0.15, -0.1) is 0 Å². The number of hydrogen-bond donors (Lipinski definition) is 1. The molecule has 1 fully saturated rings. The summed E-state index contributed by atoms with van der Waals surface area (Å²) >= 11 is 0. The molecule has 2 N–H and O–H groups in total. The molecule has 0 aromatic carbocycles. The summed E-state index contributed by atoms with van der Waals surface area (Å²) in [6, 6.07) is 0. The zero-order chi connectivity index (χ0) is 5.49. The lowest BCUT2D eigenvalue weighted by Gasteiger charge is -1.92. The van der Waals surface area contributed by atoms with Crippen molar-refractivity contribution in [3.63, 3.8) is 0 Å². The summed E-state index contributed by atoms with van der Waals surface area (Å²) < 4.78 is 10.6. The van der Waals surface area contributed by atoms with Gasteiger partial charge in [-0.25, -0.2) is 0 Å². The van der Waals surface area contributed by atoms with Crippen molar-refractivity contribution >= 4 is 15.6 Å². The second-order valence-electron chi connectivity index (χ2n) is 1.98. The van der Waals surface area contributed by atoms with Crippen molar-refractivity contribution < 1.29 is 4.21 Å². The Morgan fingerprint density at radius 3 is 2.14 bits per heavy atom. The monoisotopic (exact) mass is 119 g/mol. The summed E-state index contributed by atoms with van der Waals surface area (Å²) in [6.07, 6.45) is 2.03. The maximum absolute atomic E-state index is 10.6. The van der Waals surface area contributed by atoms with Crippen LogP contribution in [0.4, 0.5) is 0 Å². The van der Waals surface area contributed by atoms with Gasteiger partial charge in [0.05, 0.1) is 0 Å². The summed E-state index contributed by atoms with van der Waals surface area (Å²) in [6.45, 7) is 0. The van der Waals surface area contributed by atoms with Gasteiger partial charge in [0.25, 0.3) is 0 Å². The lowest BCUT2D eigenvalue weighted by molar-refractivity contribution is 0.681. The van der Waals surface area contributed by atoms with Crippen LogP contribution in [0.25, 0.3) is 0 Å². The molecule has 0 amide bonds. The first kappa shape index (κ1) is 5.12. The first-order valence-electron chi connectivity index (χ1n) is 2.24. The van der Waals surface area contributed by atoms with E-state index in [4.69, 9.17) is 5.14 Å². The maximum Gasteiger partial charge on any atom is 0.0400 e. The van der Waals surface area contributed by atoms with Gasteiger partial charge >= 0.3 is 0 Å². The molecule has 0 aromatic heterocycles. The van der Waals surface area contributed by atoms with Gasteiger partial charge in [-0.05, 0) is 18.7 Å². The lowest BCUT2D eigenvalue weighted by atomic mass is 11.0. The smallest absolute Gasteiger partial charge is 0.0400 e. The second-order valence-corrected chi connectivity index (χ2v) is 4.21. The third-order valence-electron chi connectivity index (χ3n) is 1.09. The highest BCUT2D eigenvalue weighted by atomic mass is 32.2. The normalized spacial score (nSPS) is 29.3. The van der Waals surface area contributed by atoms with E-state index in [1.807, 2.05) is 0 Å². The summed E-state index contributed by atoms with van der Waals surface area (Å²) in [5.74, 6) is 3.34. The van der Waals surface area contributed by atoms with Gasteiger partial charge in [0.2, 0.25) is 0 Å². The fourth-order valence-electron chi connectivity index (χ4n) is 0.467. The van der Waals surface area contributed by atoms with E-state index >= 15 is 0 Å². The lowest BCUT2D eigenvalue weighted by Crippen LogP contribution is -2.16. The van der Waals surface area contributed by atoms with Crippen molar-refractivity contribution in [3.8, 4) is 0 Å². The predicted molar refractivity (Wildman–Crippen MR) is 32.5 cm³/mol. The highest BCUT2D eigenvalue weighted by Crippen LogP contribution is 2.25. The minimum atomic E-state index is -2.13. The van der Waals surface area contributed by atoms with Crippen LogP contribution < -0.4 is 5.14 Å². The third-order valence-corrected chi connectivity index (χ3v) is 2.69. The summed E-state index contributed by atoms with van der Waals surface area (Å²) in [4.78, 5) is 0. The van der Waals surface area contributed by atoms with E-state index in [2.05, 4.69) is 5.87 Å². The van der Waals surface area contributed by atoms with Crippen LogP contribution in [0.3, 0.4) is 0 Å². The van der Waals surface area contributed by atoms with Crippen LogP contribution in [0.5, 0.6) is 0 Å². The van der Waals surface area contributed by atoms with Gasteiger partial charge < -0.3 is 0 Å². The molecule has 1 unspecified atom stereocenters. The molecular weight excluding hydrogens is 110 g/mol. The largest absolute Gasteiger partial charge is 0.259 e. The van der Waals surface area contributed by atoms with Gasteiger partial charge in [-0.3, -0.25) is 9.35 Å². The minimum Gasteiger partial charge on any atom is -0.259 e. The molecule has 0 aliphatic heterocycles. The second kappa shape index (κ2) is 1.23. The fourth-order valence-corrected chi connectivity index (χ4v) is 1.40. The Morgan fingerprint density at radius 1 is 1.71 bits per heavy atom. The predicted octanol–water partition coefficient (Wildman–Crippen LogP) is -0.261. The molecule has 0 saturated heterocycles. The van der Waals surface area contributed by atoms with Crippen LogP contribution >= 0.6 is 0 Å². The van der Waals surface area contributed by atoms with E-state index in [9.17, 15) is 4.21 Å². The molecule has 0 aromatic rings. The summed E-state index contributed by atoms with van der Waals surface area (Å²) in [5.41, 5.74) is 0. The van der Waals surface area contributed by atoms with E-state index in [-0.39, 0.29) is 5.25 Å². The molecule has 0 heterocycles. The highest BCUT2D eigenvalue weighted by Gasteiger charge is 2.27. The number of hydrogen-bond acceptors (Lipinski definition) is 1. The third kappa shape index (κ3) is 1.17. The van der Waals surface area contributed by atoms with Crippen LogP contribution in [-0.4, -0.2) is 15.3 Å². The summed E-state index contributed by atoms with van der Waals surface area (Å²) in [5, 5.41) is 5.40. The van der Waals surface area contributed by atoms with Crippen LogP contribution in [-0.2, 0) is 9.71 Å². The van der Waals surface area contributed by atoms with Crippen LogP contribution in [0.1, 0.15) is 12.8 Å². The molecule has 3 heteroatoms. The molecule has 1 rings (SSSR count). The van der Waals surface area contributed by atoms with Crippen molar-refractivity contribution in [2.45, 2.75) is 18.1 Å². The maximum atomic E-state index is 10.6. The Morgan fingerprint density at radius 2 is 2.14 bits per heavy atom. The Labute approximate surface area is 43.8 Å². The molecule has 0 radical (unpaired) electrons. The molecule has 1 aliphatic carbocycles. The van der Waals surface area contributed by atoms with Gasteiger partial charge in [0.15, 0.2) is 0 Å². The van der Waals surface area contributed by atoms with Gasteiger partial charge in [0, 0.05) is 15.0 Å². The molecule has 1 aliphatic rings. The zero-order valence-electron chi connectivity index (χ0n) is 4.09. The Kier molecular flexibility index (Phi) is 0.900. The minimum absolute atomic E-state index is 0.243. The Bertz CT molecular complexity index is 155. The zero-order valence-corrected chi connectivity index (χ0v) is 4.91. The number of rotatable bonds is 1. The fraction of sp³-hybridized carbons (Fsp3) is 0.750. The SMILES string of the molecule is C=S(N)(=O)C1CC1. The molecule has 0 spiro atoms. The van der Waals surface area contributed by atoms with Crippen LogP contribution in [0.15, 0.2) is 0 Å². The molecule has 42 valence electrons. The average molecular weight is 119 g/mol. The molecule has 7 heavy (non-hydrogen) atoms. The Balaban J connectivity index is 2.71. The molecule has 1 atom stereocenters. The van der Waals surface area contributed by atoms with Crippen molar-refractivity contribution in [2.75, 3.05) is 0 Å². The standard InChI is InChI=1S/C4H9NOS/c1-7(5,6)4-2-3-4/h4H,1-3H2,(H2,5,6). The van der Waals surface area contributed by atoms with Gasteiger partial charge in [0.1, 0.15) is 0 Å². The molecule has 1 saturated carbocycles. The van der Waals surface area contributed by atoms with Crippen molar-refractivity contribution in [3.05, 3.63) is 0 Å².